The number of benzene rings is 2. The molecule has 0 heterocycles. The fourth-order valence-corrected chi connectivity index (χ4v) is 2.42. The number of halogens is 7. The molecule has 8 heteroatoms. The van der Waals surface area contributed by atoms with Gasteiger partial charge in [0.05, 0.1) is 5.56 Å². The number of rotatable bonds is 2. The first kappa shape index (κ1) is 17.6. The van der Waals surface area contributed by atoms with Gasteiger partial charge < -0.3 is 5.11 Å². The summed E-state index contributed by atoms with van der Waals surface area (Å²) in [4.78, 5) is 0. The van der Waals surface area contributed by atoms with Crippen molar-refractivity contribution in [2.45, 2.75) is 18.0 Å². The second kappa shape index (κ2) is 5.72. The maximum absolute atomic E-state index is 13.5. The molecule has 0 spiro atoms. The van der Waals surface area contributed by atoms with Crippen molar-refractivity contribution in [2.24, 2.45) is 0 Å². The van der Waals surface area contributed by atoms with Crippen molar-refractivity contribution in [2.75, 3.05) is 0 Å². The van der Waals surface area contributed by atoms with E-state index in [0.29, 0.717) is 12.1 Å². The maximum atomic E-state index is 13.5. The van der Waals surface area contributed by atoms with Crippen LogP contribution >= 0.6 is 11.6 Å². The van der Waals surface area contributed by atoms with Crippen molar-refractivity contribution < 1.29 is 31.4 Å². The van der Waals surface area contributed by atoms with Crippen molar-refractivity contribution in [3.8, 4) is 0 Å². The van der Waals surface area contributed by atoms with Crippen LogP contribution < -0.4 is 0 Å². The summed E-state index contributed by atoms with van der Waals surface area (Å²) >= 11 is 5.62. The largest absolute Gasteiger partial charge is 0.425 e. The first-order valence-electron chi connectivity index (χ1n) is 6.20. The van der Waals surface area contributed by atoms with Gasteiger partial charge in [-0.25, -0.2) is 0 Å². The minimum absolute atomic E-state index is 0.144. The Morgan fingerprint density at radius 1 is 0.783 bits per heavy atom. The van der Waals surface area contributed by atoms with Crippen LogP contribution in [-0.2, 0) is 11.8 Å². The van der Waals surface area contributed by atoms with Gasteiger partial charge in [0.1, 0.15) is 0 Å². The summed E-state index contributed by atoms with van der Waals surface area (Å²) in [6.07, 6.45) is -10.5. The maximum Gasteiger partial charge on any atom is 0.425 e. The molecule has 0 saturated heterocycles. The third-order valence-corrected chi connectivity index (χ3v) is 3.51. The first-order chi connectivity index (χ1) is 10.5. The number of alkyl halides is 6. The van der Waals surface area contributed by atoms with Gasteiger partial charge in [-0.3, -0.25) is 0 Å². The molecular weight excluding hydrogens is 346 g/mol. The third-order valence-electron chi connectivity index (χ3n) is 3.27. The monoisotopic (exact) mass is 354 g/mol. The molecular formula is C15H9ClF6O. The average molecular weight is 355 g/mol. The van der Waals surface area contributed by atoms with Crippen molar-refractivity contribution in [1.29, 1.82) is 0 Å². The fourth-order valence-electron chi connectivity index (χ4n) is 2.23. The van der Waals surface area contributed by atoms with E-state index in [4.69, 9.17) is 11.6 Å². The molecule has 0 aliphatic rings. The summed E-state index contributed by atoms with van der Waals surface area (Å²) in [7, 11) is 0. The summed E-state index contributed by atoms with van der Waals surface area (Å²) in [6, 6.07) is 7.03. The van der Waals surface area contributed by atoms with E-state index < -0.39 is 34.6 Å². The molecule has 0 radical (unpaired) electrons. The van der Waals surface area contributed by atoms with Crippen LogP contribution in [0.2, 0.25) is 5.02 Å². The van der Waals surface area contributed by atoms with Crippen LogP contribution in [0.5, 0.6) is 0 Å². The molecule has 1 atom stereocenters. The minimum atomic E-state index is -5.39. The molecule has 0 aromatic heterocycles. The van der Waals surface area contributed by atoms with Crippen LogP contribution in [0.1, 0.15) is 16.7 Å². The molecule has 1 nitrogen and oxygen atoms in total. The van der Waals surface area contributed by atoms with E-state index in [9.17, 15) is 31.4 Å². The van der Waals surface area contributed by atoms with Crippen LogP contribution in [0, 0.1) is 0 Å². The summed E-state index contributed by atoms with van der Waals surface area (Å²) in [5, 5.41) is 10.1. The lowest BCUT2D eigenvalue weighted by atomic mass is 9.83. The highest BCUT2D eigenvalue weighted by molar-refractivity contribution is 6.30. The molecule has 1 N–H and O–H groups in total. The Bertz CT molecular complexity index is 710. The molecule has 2 aromatic carbocycles. The highest BCUT2D eigenvalue weighted by atomic mass is 35.5. The lowest BCUT2D eigenvalue weighted by Gasteiger charge is -2.33. The van der Waals surface area contributed by atoms with E-state index >= 15 is 0 Å². The van der Waals surface area contributed by atoms with Crippen LogP contribution in [0.25, 0.3) is 0 Å². The van der Waals surface area contributed by atoms with Gasteiger partial charge in [-0.05, 0) is 23.8 Å². The standard InChI is InChI=1S/C15H9ClF6O/c16-10-5-3-4-9(8-10)13(23,15(20,21)22)11-6-1-2-7-12(11)14(17,18)19/h1-8,23H. The zero-order chi connectivity index (χ0) is 17.5. The molecule has 0 aliphatic carbocycles. The molecule has 2 rings (SSSR count). The first-order valence-corrected chi connectivity index (χ1v) is 6.57. The lowest BCUT2D eigenvalue weighted by molar-refractivity contribution is -0.250. The predicted molar refractivity (Wildman–Crippen MR) is 71.9 cm³/mol. The Balaban J connectivity index is 2.82. The Morgan fingerprint density at radius 3 is 1.83 bits per heavy atom. The summed E-state index contributed by atoms with van der Waals surface area (Å²) in [6.45, 7) is 0. The quantitative estimate of drug-likeness (QED) is 0.739. The van der Waals surface area contributed by atoms with Crippen molar-refractivity contribution in [3.63, 3.8) is 0 Å². The van der Waals surface area contributed by atoms with Gasteiger partial charge in [0, 0.05) is 10.6 Å². The second-order valence-electron chi connectivity index (χ2n) is 4.76. The summed E-state index contributed by atoms with van der Waals surface area (Å²) in [5.74, 6) is 0. The Hall–Kier alpha value is -1.73. The Kier molecular flexibility index (Phi) is 4.38. The van der Waals surface area contributed by atoms with Crippen LogP contribution in [0.3, 0.4) is 0 Å². The lowest BCUT2D eigenvalue weighted by Crippen LogP contribution is -2.44. The molecule has 0 bridgehead atoms. The molecule has 0 amide bonds. The molecule has 0 fully saturated rings. The van der Waals surface area contributed by atoms with E-state index in [1.165, 1.54) is 6.07 Å². The Labute approximate surface area is 132 Å². The van der Waals surface area contributed by atoms with E-state index in [-0.39, 0.29) is 5.02 Å². The van der Waals surface area contributed by atoms with Gasteiger partial charge in [-0.1, -0.05) is 41.9 Å². The van der Waals surface area contributed by atoms with Gasteiger partial charge in [0.2, 0.25) is 5.60 Å². The topological polar surface area (TPSA) is 20.2 Å². The zero-order valence-electron chi connectivity index (χ0n) is 11.2. The molecule has 2 aromatic rings. The van der Waals surface area contributed by atoms with Crippen LogP contribution in [0.4, 0.5) is 26.3 Å². The molecule has 0 aliphatic heterocycles. The highest BCUT2D eigenvalue weighted by Gasteiger charge is 2.58. The fraction of sp³-hybridized carbons (Fsp3) is 0.200. The summed E-state index contributed by atoms with van der Waals surface area (Å²) in [5.41, 5.74) is -7.51. The smallest absolute Gasteiger partial charge is 0.372 e. The van der Waals surface area contributed by atoms with Gasteiger partial charge in [-0.2, -0.15) is 26.3 Å². The summed E-state index contributed by atoms with van der Waals surface area (Å²) < 4.78 is 79.7. The zero-order valence-corrected chi connectivity index (χ0v) is 12.0. The number of hydrogen-bond acceptors (Lipinski definition) is 1. The molecule has 1 unspecified atom stereocenters. The van der Waals surface area contributed by atoms with E-state index in [0.717, 1.165) is 30.3 Å². The average Bonchev–Trinajstić information content (AvgIpc) is 2.44. The second-order valence-corrected chi connectivity index (χ2v) is 5.20. The number of hydrogen-bond donors (Lipinski definition) is 1. The van der Waals surface area contributed by atoms with E-state index in [1.54, 1.807) is 0 Å². The highest BCUT2D eigenvalue weighted by Crippen LogP contribution is 2.48. The van der Waals surface area contributed by atoms with Gasteiger partial charge in [0.15, 0.2) is 0 Å². The Morgan fingerprint density at radius 2 is 1.35 bits per heavy atom. The van der Waals surface area contributed by atoms with Crippen LogP contribution in [0.15, 0.2) is 48.5 Å². The van der Waals surface area contributed by atoms with E-state index in [2.05, 4.69) is 0 Å². The van der Waals surface area contributed by atoms with Gasteiger partial charge in [0.25, 0.3) is 0 Å². The van der Waals surface area contributed by atoms with Crippen LogP contribution in [-0.4, -0.2) is 11.3 Å². The molecule has 0 saturated carbocycles. The third kappa shape index (κ3) is 3.16. The van der Waals surface area contributed by atoms with Crippen molar-refractivity contribution >= 4 is 11.6 Å². The SMILES string of the molecule is OC(c1cccc(Cl)c1)(c1ccccc1C(F)(F)F)C(F)(F)F. The van der Waals surface area contributed by atoms with Crippen molar-refractivity contribution in [1.82, 2.24) is 0 Å². The normalized spacial score (nSPS) is 15.3. The number of aliphatic hydroxyl groups is 1. The van der Waals surface area contributed by atoms with Gasteiger partial charge in [-0.15, -0.1) is 0 Å². The molecule has 124 valence electrons. The minimum Gasteiger partial charge on any atom is -0.372 e. The van der Waals surface area contributed by atoms with Crippen molar-refractivity contribution in [3.05, 3.63) is 70.2 Å². The molecule has 23 heavy (non-hydrogen) atoms. The van der Waals surface area contributed by atoms with Gasteiger partial charge >= 0.3 is 12.4 Å². The van der Waals surface area contributed by atoms with E-state index in [1.807, 2.05) is 0 Å². The predicted octanol–water partition coefficient (Wildman–Crippen LogP) is 5.16.